The molecule has 110 valence electrons. The van der Waals surface area contributed by atoms with Crippen molar-refractivity contribution in [3.05, 3.63) is 29.3 Å². The molecule has 0 aliphatic heterocycles. The Morgan fingerprint density at radius 2 is 1.95 bits per heavy atom. The fraction of sp³-hybridized carbons (Fsp3) is 0.429. The van der Waals surface area contributed by atoms with E-state index in [0.717, 1.165) is 24.9 Å². The van der Waals surface area contributed by atoms with E-state index in [1.165, 1.54) is 17.5 Å². The first-order valence-electron chi connectivity index (χ1n) is 6.53. The van der Waals surface area contributed by atoms with Gasteiger partial charge in [0.25, 0.3) is 0 Å². The molecule has 0 aromatic heterocycles. The van der Waals surface area contributed by atoms with Crippen LogP contribution in [0.1, 0.15) is 30.4 Å². The Bertz CT molecular complexity index is 505. The molecule has 1 unspecified atom stereocenters. The Morgan fingerprint density at radius 1 is 1.25 bits per heavy atom. The number of nitrogens with one attached hydrogen (secondary N) is 1. The van der Waals surface area contributed by atoms with E-state index in [0.29, 0.717) is 0 Å². The Labute approximate surface area is 124 Å². The van der Waals surface area contributed by atoms with Crippen molar-refractivity contribution in [1.29, 1.82) is 0 Å². The van der Waals surface area contributed by atoms with Gasteiger partial charge in [-0.15, -0.1) is 12.4 Å². The van der Waals surface area contributed by atoms with Gasteiger partial charge in [-0.05, 0) is 42.9 Å². The van der Waals surface area contributed by atoms with Crippen LogP contribution in [0.3, 0.4) is 0 Å². The van der Waals surface area contributed by atoms with Crippen molar-refractivity contribution in [2.45, 2.75) is 38.1 Å². The highest BCUT2D eigenvalue weighted by Crippen LogP contribution is 2.27. The lowest BCUT2D eigenvalue weighted by Gasteiger charge is -2.20. The van der Waals surface area contributed by atoms with Gasteiger partial charge in [0, 0.05) is 5.69 Å². The Balaban J connectivity index is 0.00000200. The minimum Gasteiger partial charge on any atom is -0.370 e. The highest BCUT2D eigenvalue weighted by atomic mass is 35.5. The van der Waals surface area contributed by atoms with Crippen molar-refractivity contribution in [1.82, 2.24) is 0 Å². The summed E-state index contributed by atoms with van der Waals surface area (Å²) in [6.45, 7) is 0. The van der Waals surface area contributed by atoms with Crippen molar-refractivity contribution in [3.8, 4) is 0 Å². The van der Waals surface area contributed by atoms with Crippen molar-refractivity contribution < 1.29 is 9.59 Å². The SMILES string of the molecule is Cl.NC(=O)CC(N)C(=O)Nc1cccc2c1CCCC2. The van der Waals surface area contributed by atoms with Gasteiger partial charge in [0.1, 0.15) is 0 Å². The molecule has 20 heavy (non-hydrogen) atoms. The third-order valence-electron chi connectivity index (χ3n) is 3.41. The van der Waals surface area contributed by atoms with Crippen LogP contribution in [0.25, 0.3) is 0 Å². The van der Waals surface area contributed by atoms with E-state index in [2.05, 4.69) is 11.4 Å². The average Bonchev–Trinajstić information content (AvgIpc) is 2.38. The summed E-state index contributed by atoms with van der Waals surface area (Å²) >= 11 is 0. The van der Waals surface area contributed by atoms with E-state index in [1.807, 2.05) is 12.1 Å². The second-order valence-electron chi connectivity index (χ2n) is 4.92. The molecule has 0 fully saturated rings. The lowest BCUT2D eigenvalue weighted by atomic mass is 9.90. The molecule has 0 saturated heterocycles. The predicted octanol–water partition coefficient (Wildman–Crippen LogP) is 1.13. The largest absolute Gasteiger partial charge is 0.370 e. The number of primary amides is 1. The average molecular weight is 298 g/mol. The van der Waals surface area contributed by atoms with Crippen LogP contribution >= 0.6 is 12.4 Å². The molecule has 1 aliphatic rings. The highest BCUT2D eigenvalue weighted by Gasteiger charge is 2.19. The van der Waals surface area contributed by atoms with E-state index in [9.17, 15) is 9.59 Å². The molecule has 0 bridgehead atoms. The molecule has 1 aromatic carbocycles. The topological polar surface area (TPSA) is 98.2 Å². The van der Waals surface area contributed by atoms with Crippen molar-refractivity contribution >= 4 is 29.9 Å². The predicted molar refractivity (Wildman–Crippen MR) is 80.7 cm³/mol. The van der Waals surface area contributed by atoms with Gasteiger partial charge in [-0.1, -0.05) is 12.1 Å². The van der Waals surface area contributed by atoms with Gasteiger partial charge in [-0.25, -0.2) is 0 Å². The first-order chi connectivity index (χ1) is 9.08. The Kier molecular flexibility index (Phi) is 5.98. The van der Waals surface area contributed by atoms with Crippen LogP contribution in [0.5, 0.6) is 0 Å². The van der Waals surface area contributed by atoms with Crippen molar-refractivity contribution in [2.75, 3.05) is 5.32 Å². The van der Waals surface area contributed by atoms with Gasteiger partial charge >= 0.3 is 0 Å². The molecule has 1 aromatic rings. The van der Waals surface area contributed by atoms with Crippen LogP contribution in [0.2, 0.25) is 0 Å². The zero-order chi connectivity index (χ0) is 13.8. The quantitative estimate of drug-likeness (QED) is 0.777. The molecular weight excluding hydrogens is 278 g/mol. The molecule has 2 rings (SSSR count). The zero-order valence-electron chi connectivity index (χ0n) is 11.2. The highest BCUT2D eigenvalue weighted by molar-refractivity contribution is 5.97. The van der Waals surface area contributed by atoms with Crippen LogP contribution in [0, 0.1) is 0 Å². The second-order valence-corrected chi connectivity index (χ2v) is 4.92. The molecule has 0 radical (unpaired) electrons. The standard InChI is InChI=1S/C14H19N3O2.ClH/c15-11(8-13(16)18)14(19)17-12-7-3-5-9-4-1-2-6-10(9)12;/h3,5,7,11H,1-2,4,6,8,15H2,(H2,16,18)(H,17,19);1H. The number of benzene rings is 1. The third kappa shape index (κ3) is 3.95. The number of amides is 2. The van der Waals surface area contributed by atoms with Gasteiger partial charge in [0.2, 0.25) is 11.8 Å². The summed E-state index contributed by atoms with van der Waals surface area (Å²) in [6, 6.07) is 5.00. The minimum atomic E-state index is -0.892. The number of aryl methyl sites for hydroxylation is 1. The molecule has 0 spiro atoms. The van der Waals surface area contributed by atoms with Crippen molar-refractivity contribution in [2.24, 2.45) is 11.5 Å². The number of hydrogen-bond donors (Lipinski definition) is 3. The fourth-order valence-electron chi connectivity index (χ4n) is 2.43. The lowest BCUT2D eigenvalue weighted by Crippen LogP contribution is -2.39. The molecule has 0 heterocycles. The number of fused-ring (bicyclic) bond motifs is 1. The fourth-order valence-corrected chi connectivity index (χ4v) is 2.43. The van der Waals surface area contributed by atoms with Gasteiger partial charge in [0.05, 0.1) is 12.5 Å². The van der Waals surface area contributed by atoms with Crippen LogP contribution in [-0.4, -0.2) is 17.9 Å². The molecule has 5 nitrogen and oxygen atoms in total. The van der Waals surface area contributed by atoms with Crippen LogP contribution < -0.4 is 16.8 Å². The molecule has 1 atom stereocenters. The summed E-state index contributed by atoms with van der Waals surface area (Å²) in [7, 11) is 0. The normalized spacial score (nSPS) is 14.7. The number of carbonyl (C=O) groups is 2. The number of nitrogens with two attached hydrogens (primary N) is 2. The maximum absolute atomic E-state index is 11.9. The monoisotopic (exact) mass is 297 g/mol. The third-order valence-corrected chi connectivity index (χ3v) is 3.41. The van der Waals surface area contributed by atoms with E-state index in [1.54, 1.807) is 0 Å². The van der Waals surface area contributed by atoms with Gasteiger partial charge in [0.15, 0.2) is 0 Å². The summed E-state index contributed by atoms with van der Waals surface area (Å²) in [5.41, 5.74) is 13.9. The smallest absolute Gasteiger partial charge is 0.241 e. The molecule has 0 saturated carbocycles. The van der Waals surface area contributed by atoms with Crippen LogP contribution in [0.15, 0.2) is 18.2 Å². The van der Waals surface area contributed by atoms with Crippen LogP contribution in [-0.2, 0) is 22.4 Å². The summed E-state index contributed by atoms with van der Waals surface area (Å²) in [5.74, 6) is -0.935. The van der Waals surface area contributed by atoms with Gasteiger partial charge < -0.3 is 16.8 Å². The van der Waals surface area contributed by atoms with Gasteiger partial charge in [-0.2, -0.15) is 0 Å². The maximum Gasteiger partial charge on any atom is 0.241 e. The first kappa shape index (κ1) is 16.5. The molecule has 6 heteroatoms. The summed E-state index contributed by atoms with van der Waals surface area (Å²) < 4.78 is 0. The summed E-state index contributed by atoms with van der Waals surface area (Å²) in [4.78, 5) is 22.7. The molecule has 5 N–H and O–H groups in total. The number of halogens is 1. The summed E-state index contributed by atoms with van der Waals surface area (Å²) in [6.07, 6.45) is 4.20. The molecular formula is C14H20ClN3O2. The van der Waals surface area contributed by atoms with Crippen molar-refractivity contribution in [3.63, 3.8) is 0 Å². The number of carbonyl (C=O) groups excluding carboxylic acids is 2. The number of anilines is 1. The van der Waals surface area contributed by atoms with Gasteiger partial charge in [-0.3, -0.25) is 9.59 Å². The molecule has 2 amide bonds. The van der Waals surface area contributed by atoms with E-state index in [4.69, 9.17) is 11.5 Å². The number of rotatable bonds is 4. The zero-order valence-corrected chi connectivity index (χ0v) is 12.0. The first-order valence-corrected chi connectivity index (χ1v) is 6.53. The minimum absolute atomic E-state index is 0. The van der Waals surface area contributed by atoms with Crippen LogP contribution in [0.4, 0.5) is 5.69 Å². The summed E-state index contributed by atoms with van der Waals surface area (Å²) in [5, 5.41) is 2.80. The number of hydrogen-bond acceptors (Lipinski definition) is 3. The Morgan fingerprint density at radius 3 is 2.65 bits per heavy atom. The Hall–Kier alpha value is -1.59. The van der Waals surface area contributed by atoms with E-state index >= 15 is 0 Å². The maximum atomic E-state index is 11.9. The van der Waals surface area contributed by atoms with E-state index in [-0.39, 0.29) is 24.7 Å². The van der Waals surface area contributed by atoms with E-state index < -0.39 is 11.9 Å². The molecule has 1 aliphatic carbocycles. The second kappa shape index (κ2) is 7.26. The lowest BCUT2D eigenvalue weighted by molar-refractivity contribution is -0.123.